The van der Waals surface area contributed by atoms with Gasteiger partial charge in [-0.05, 0) is 36.7 Å². The third-order valence-electron chi connectivity index (χ3n) is 4.98. The van der Waals surface area contributed by atoms with E-state index in [9.17, 15) is 9.59 Å². The molecule has 1 aromatic carbocycles. The van der Waals surface area contributed by atoms with Crippen LogP contribution in [0, 0.1) is 17.8 Å². The molecule has 3 atom stereocenters. The van der Waals surface area contributed by atoms with E-state index >= 15 is 0 Å². The minimum atomic E-state index is -0.187. The lowest BCUT2D eigenvalue weighted by atomic mass is 9.85. The van der Waals surface area contributed by atoms with Crippen LogP contribution in [0.25, 0.3) is 0 Å². The van der Waals surface area contributed by atoms with Gasteiger partial charge in [0.15, 0.2) is 0 Å². The molecule has 2 amide bonds. The number of halogens is 1. The highest BCUT2D eigenvalue weighted by Gasteiger charge is 2.44. The Bertz CT molecular complexity index is 544. The highest BCUT2D eigenvalue weighted by Crippen LogP contribution is 2.34. The van der Waals surface area contributed by atoms with Gasteiger partial charge in [-0.15, -0.1) is 12.4 Å². The van der Waals surface area contributed by atoms with E-state index in [4.69, 9.17) is 0 Å². The summed E-state index contributed by atoms with van der Waals surface area (Å²) in [5.41, 5.74) is 1.23. The van der Waals surface area contributed by atoms with Crippen molar-refractivity contribution in [1.29, 1.82) is 0 Å². The first-order valence-electron chi connectivity index (χ1n) is 8.82. The molecule has 0 aliphatic carbocycles. The lowest BCUT2D eigenvalue weighted by molar-refractivity contribution is -0.140. The molecular formula is C20H30ClNO2. The maximum atomic E-state index is 12.7. The first kappa shape index (κ1) is 20.7. The summed E-state index contributed by atoms with van der Waals surface area (Å²) < 4.78 is 0. The van der Waals surface area contributed by atoms with Crippen LogP contribution in [-0.4, -0.2) is 23.3 Å². The largest absolute Gasteiger partial charge is 0.282 e. The van der Waals surface area contributed by atoms with Crippen LogP contribution >= 0.6 is 12.4 Å². The molecule has 24 heavy (non-hydrogen) atoms. The first-order chi connectivity index (χ1) is 10.9. The average molecular weight is 352 g/mol. The Kier molecular flexibility index (Phi) is 7.95. The number of nitrogens with zero attached hydrogens (tertiary/aromatic N) is 1. The van der Waals surface area contributed by atoms with E-state index in [2.05, 4.69) is 32.9 Å². The zero-order valence-corrected chi connectivity index (χ0v) is 16.0. The lowest BCUT2D eigenvalue weighted by Crippen LogP contribution is -2.32. The van der Waals surface area contributed by atoms with E-state index in [1.165, 1.54) is 10.5 Å². The molecule has 1 saturated heterocycles. The quantitative estimate of drug-likeness (QED) is 0.670. The third kappa shape index (κ3) is 4.83. The van der Waals surface area contributed by atoms with Crippen molar-refractivity contribution in [3.63, 3.8) is 0 Å². The molecule has 0 radical (unpaired) electrons. The first-order valence-corrected chi connectivity index (χ1v) is 8.82. The van der Waals surface area contributed by atoms with Crippen LogP contribution in [-0.2, 0) is 9.59 Å². The van der Waals surface area contributed by atoms with Gasteiger partial charge in [0.25, 0.3) is 0 Å². The van der Waals surface area contributed by atoms with E-state index < -0.39 is 0 Å². The Hall–Kier alpha value is -1.35. The predicted octanol–water partition coefficient (Wildman–Crippen LogP) is 4.66. The number of hydrogen-bond donors (Lipinski definition) is 0. The van der Waals surface area contributed by atoms with Gasteiger partial charge in [0.2, 0.25) is 11.8 Å². The number of amides is 2. The maximum absolute atomic E-state index is 12.7. The second-order valence-electron chi connectivity index (χ2n) is 7.31. The Labute approximate surface area is 152 Å². The molecule has 1 fully saturated rings. The minimum Gasteiger partial charge on any atom is -0.282 e. The zero-order chi connectivity index (χ0) is 17.0. The van der Waals surface area contributed by atoms with E-state index in [0.717, 1.165) is 19.3 Å². The van der Waals surface area contributed by atoms with Gasteiger partial charge < -0.3 is 0 Å². The number of rotatable bonds is 7. The summed E-state index contributed by atoms with van der Waals surface area (Å²) in [6.45, 7) is 8.96. The normalized spacial score (nSPS) is 22.0. The summed E-state index contributed by atoms with van der Waals surface area (Å²) in [5.74, 6) is 0.590. The van der Waals surface area contributed by atoms with Crippen LogP contribution < -0.4 is 0 Å². The van der Waals surface area contributed by atoms with E-state index in [-0.39, 0.29) is 42.0 Å². The number of benzene rings is 1. The fourth-order valence-corrected chi connectivity index (χ4v) is 3.42. The Morgan fingerprint density at radius 1 is 1.04 bits per heavy atom. The Balaban J connectivity index is 0.00000288. The van der Waals surface area contributed by atoms with Gasteiger partial charge in [-0.25, -0.2) is 0 Å². The molecule has 0 N–H and O–H groups in total. The third-order valence-corrected chi connectivity index (χ3v) is 4.98. The van der Waals surface area contributed by atoms with Crippen molar-refractivity contribution >= 4 is 24.2 Å². The highest BCUT2D eigenvalue weighted by atomic mass is 35.5. The smallest absolute Gasteiger partial charge is 0.233 e. The molecule has 1 aliphatic rings. The van der Waals surface area contributed by atoms with Crippen LogP contribution in [0.15, 0.2) is 30.3 Å². The van der Waals surface area contributed by atoms with Gasteiger partial charge in [-0.1, -0.05) is 58.0 Å². The average Bonchev–Trinajstić information content (AvgIpc) is 2.73. The van der Waals surface area contributed by atoms with Gasteiger partial charge in [-0.3, -0.25) is 14.5 Å². The van der Waals surface area contributed by atoms with Crippen LogP contribution in [0.2, 0.25) is 0 Å². The molecule has 0 spiro atoms. The molecule has 0 saturated carbocycles. The van der Waals surface area contributed by atoms with Crippen LogP contribution in [0.4, 0.5) is 0 Å². The van der Waals surface area contributed by atoms with Crippen LogP contribution in [0.1, 0.15) is 58.4 Å². The lowest BCUT2D eigenvalue weighted by Gasteiger charge is -2.18. The van der Waals surface area contributed by atoms with E-state index in [0.29, 0.717) is 12.5 Å². The van der Waals surface area contributed by atoms with E-state index in [1.54, 1.807) is 0 Å². The van der Waals surface area contributed by atoms with Gasteiger partial charge in [0.1, 0.15) is 0 Å². The SMILES string of the molecule is CC(C)CCCN1C(=O)C(C)C(CC(C)c2ccccc2)C1=O.Cl. The summed E-state index contributed by atoms with van der Waals surface area (Å²) in [6.07, 6.45) is 2.70. The molecule has 3 unspecified atom stereocenters. The van der Waals surface area contributed by atoms with Crippen molar-refractivity contribution in [2.45, 2.75) is 52.9 Å². The fraction of sp³-hybridized carbons (Fsp3) is 0.600. The van der Waals surface area contributed by atoms with Crippen LogP contribution in [0.5, 0.6) is 0 Å². The fourth-order valence-electron chi connectivity index (χ4n) is 3.42. The maximum Gasteiger partial charge on any atom is 0.233 e. The Morgan fingerprint density at radius 2 is 1.67 bits per heavy atom. The standard InChI is InChI=1S/C20H29NO2.ClH/c1-14(2)9-8-12-21-19(22)16(4)18(20(21)23)13-15(3)17-10-6-5-7-11-17;/h5-7,10-11,14-16,18H,8-9,12-13H2,1-4H3;1H. The van der Waals surface area contributed by atoms with Crippen molar-refractivity contribution < 1.29 is 9.59 Å². The number of likely N-dealkylation sites (tertiary alicyclic amines) is 1. The molecule has 4 heteroatoms. The van der Waals surface area contributed by atoms with Crippen LogP contribution in [0.3, 0.4) is 0 Å². The molecule has 3 nitrogen and oxygen atoms in total. The van der Waals surface area contributed by atoms with Gasteiger partial charge in [-0.2, -0.15) is 0 Å². The number of carbonyl (C=O) groups is 2. The zero-order valence-electron chi connectivity index (χ0n) is 15.2. The van der Waals surface area contributed by atoms with E-state index in [1.807, 2.05) is 25.1 Å². The van der Waals surface area contributed by atoms with Crippen molar-refractivity contribution in [3.8, 4) is 0 Å². The topological polar surface area (TPSA) is 37.4 Å². The van der Waals surface area contributed by atoms with Crippen molar-refractivity contribution in [1.82, 2.24) is 4.90 Å². The van der Waals surface area contributed by atoms with Crippen molar-refractivity contribution in [2.75, 3.05) is 6.54 Å². The summed E-state index contributed by atoms with van der Waals surface area (Å²) in [6, 6.07) is 10.2. The monoisotopic (exact) mass is 351 g/mol. The second-order valence-corrected chi connectivity index (χ2v) is 7.31. The molecule has 1 heterocycles. The summed E-state index contributed by atoms with van der Waals surface area (Å²) in [4.78, 5) is 26.6. The molecule has 1 aromatic rings. The summed E-state index contributed by atoms with van der Waals surface area (Å²) >= 11 is 0. The summed E-state index contributed by atoms with van der Waals surface area (Å²) in [7, 11) is 0. The minimum absolute atomic E-state index is 0. The molecule has 134 valence electrons. The van der Waals surface area contributed by atoms with Crippen molar-refractivity contribution in [2.24, 2.45) is 17.8 Å². The highest BCUT2D eigenvalue weighted by molar-refractivity contribution is 6.04. The molecule has 1 aliphatic heterocycles. The molecular weight excluding hydrogens is 322 g/mol. The molecule has 2 rings (SSSR count). The molecule has 0 bridgehead atoms. The van der Waals surface area contributed by atoms with Gasteiger partial charge in [0.05, 0.1) is 5.92 Å². The summed E-state index contributed by atoms with van der Waals surface area (Å²) in [5, 5.41) is 0. The van der Waals surface area contributed by atoms with Gasteiger partial charge >= 0.3 is 0 Å². The second kappa shape index (κ2) is 9.22. The number of hydrogen-bond acceptors (Lipinski definition) is 2. The van der Waals surface area contributed by atoms with Crippen molar-refractivity contribution in [3.05, 3.63) is 35.9 Å². The number of carbonyl (C=O) groups excluding carboxylic acids is 2. The number of imide groups is 1. The van der Waals surface area contributed by atoms with Gasteiger partial charge in [0, 0.05) is 12.5 Å². The molecule has 0 aromatic heterocycles. The Morgan fingerprint density at radius 3 is 2.25 bits per heavy atom. The predicted molar refractivity (Wildman–Crippen MR) is 100 cm³/mol.